The van der Waals surface area contributed by atoms with Gasteiger partial charge < -0.3 is 25.7 Å². The van der Waals surface area contributed by atoms with Gasteiger partial charge in [0, 0.05) is 5.56 Å². The normalized spacial score (nSPS) is 12.2. The summed E-state index contributed by atoms with van der Waals surface area (Å²) in [6.45, 7) is 3.64. The average molecular weight is 283 g/mol. The summed E-state index contributed by atoms with van der Waals surface area (Å²) in [6, 6.07) is 0.817. The molecule has 0 bridgehead atoms. The van der Waals surface area contributed by atoms with Crippen LogP contribution in [0.25, 0.3) is 0 Å². The molecular formula is C13H17NO6. The molecule has 0 aromatic heterocycles. The maximum Gasteiger partial charge on any atom is 0.326 e. The number of carboxylic acids is 1. The van der Waals surface area contributed by atoms with Gasteiger partial charge in [0.05, 0.1) is 0 Å². The third-order valence-electron chi connectivity index (χ3n) is 2.64. The van der Waals surface area contributed by atoms with Crippen molar-refractivity contribution in [3.8, 4) is 17.2 Å². The van der Waals surface area contributed by atoms with E-state index in [2.05, 4.69) is 5.32 Å². The van der Waals surface area contributed by atoms with Crippen molar-refractivity contribution in [3.05, 3.63) is 17.7 Å². The summed E-state index contributed by atoms with van der Waals surface area (Å²) in [5, 5.41) is 39.1. The molecule has 1 aromatic rings. The highest BCUT2D eigenvalue weighted by Gasteiger charge is 2.22. The van der Waals surface area contributed by atoms with Crippen LogP contribution in [0.3, 0.4) is 0 Å². The van der Waals surface area contributed by atoms with Crippen LogP contribution >= 0.6 is 0 Å². The van der Waals surface area contributed by atoms with Crippen LogP contribution in [0.1, 0.15) is 30.6 Å². The van der Waals surface area contributed by atoms with E-state index in [-0.39, 0.29) is 17.9 Å². The summed E-state index contributed by atoms with van der Waals surface area (Å²) >= 11 is 0. The molecule has 20 heavy (non-hydrogen) atoms. The molecule has 0 aliphatic heterocycles. The Morgan fingerprint density at radius 2 is 1.65 bits per heavy atom. The molecule has 110 valence electrons. The van der Waals surface area contributed by atoms with E-state index in [0.29, 0.717) is 0 Å². The van der Waals surface area contributed by atoms with Crippen molar-refractivity contribution < 1.29 is 30.0 Å². The Morgan fingerprint density at radius 3 is 2.05 bits per heavy atom. The molecule has 7 nitrogen and oxygen atoms in total. The summed E-state index contributed by atoms with van der Waals surface area (Å²) in [4.78, 5) is 22.9. The molecule has 0 heterocycles. The van der Waals surface area contributed by atoms with E-state index in [1.165, 1.54) is 0 Å². The van der Waals surface area contributed by atoms with Crippen molar-refractivity contribution in [2.24, 2.45) is 5.92 Å². The second kappa shape index (κ2) is 6.14. The SMILES string of the molecule is CC(C)C[C@H](NC(=O)c1cc(O)c(O)c(O)c1)C(=O)O. The molecule has 1 atom stereocenters. The van der Waals surface area contributed by atoms with Crippen molar-refractivity contribution in [3.63, 3.8) is 0 Å². The van der Waals surface area contributed by atoms with Gasteiger partial charge in [-0.3, -0.25) is 4.79 Å². The maximum absolute atomic E-state index is 11.9. The predicted molar refractivity (Wildman–Crippen MR) is 69.8 cm³/mol. The third kappa shape index (κ3) is 3.78. The summed E-state index contributed by atoms with van der Waals surface area (Å²) in [7, 11) is 0. The zero-order valence-corrected chi connectivity index (χ0v) is 11.1. The number of carboxylic acid groups (broad SMARTS) is 1. The minimum atomic E-state index is -1.17. The van der Waals surface area contributed by atoms with E-state index in [4.69, 9.17) is 5.11 Å². The van der Waals surface area contributed by atoms with Gasteiger partial charge in [-0.2, -0.15) is 0 Å². The maximum atomic E-state index is 11.9. The van der Waals surface area contributed by atoms with Crippen molar-refractivity contribution in [2.75, 3.05) is 0 Å². The molecule has 0 spiro atoms. The number of aromatic hydroxyl groups is 3. The number of phenolic OH excluding ortho intramolecular Hbond substituents is 3. The van der Waals surface area contributed by atoms with Gasteiger partial charge in [0.2, 0.25) is 0 Å². The molecule has 1 amide bonds. The van der Waals surface area contributed by atoms with E-state index >= 15 is 0 Å². The third-order valence-corrected chi connectivity index (χ3v) is 2.64. The monoisotopic (exact) mass is 283 g/mol. The molecule has 1 rings (SSSR count). The molecule has 0 aliphatic carbocycles. The van der Waals surface area contributed by atoms with E-state index in [1.54, 1.807) is 0 Å². The Bertz CT molecular complexity index is 503. The summed E-state index contributed by atoms with van der Waals surface area (Å²) < 4.78 is 0. The first-order valence-corrected chi connectivity index (χ1v) is 6.01. The first-order valence-electron chi connectivity index (χ1n) is 6.01. The fourth-order valence-electron chi connectivity index (χ4n) is 1.67. The van der Waals surface area contributed by atoms with Gasteiger partial charge in [-0.1, -0.05) is 13.8 Å². The largest absolute Gasteiger partial charge is 0.504 e. The lowest BCUT2D eigenvalue weighted by molar-refractivity contribution is -0.139. The van der Waals surface area contributed by atoms with Gasteiger partial charge in [0.15, 0.2) is 17.2 Å². The van der Waals surface area contributed by atoms with Crippen LogP contribution in [0, 0.1) is 5.92 Å². The summed E-state index contributed by atoms with van der Waals surface area (Å²) in [6.07, 6.45) is 0.247. The minimum absolute atomic E-state index is 0.0676. The molecule has 0 aliphatic rings. The Balaban J connectivity index is 2.92. The summed E-state index contributed by atoms with van der Waals surface area (Å²) in [5.74, 6) is -3.92. The number of hydrogen-bond acceptors (Lipinski definition) is 5. The molecule has 0 saturated heterocycles. The average Bonchev–Trinajstić information content (AvgIpc) is 2.33. The Kier molecular flexibility index (Phi) is 4.79. The second-order valence-electron chi connectivity index (χ2n) is 4.86. The van der Waals surface area contributed by atoms with Crippen LogP contribution in [-0.4, -0.2) is 38.3 Å². The first-order chi connectivity index (χ1) is 9.22. The number of hydrogen-bond donors (Lipinski definition) is 5. The fraction of sp³-hybridized carbons (Fsp3) is 0.385. The summed E-state index contributed by atoms with van der Waals surface area (Å²) in [5.41, 5.74) is -0.146. The molecule has 0 unspecified atom stereocenters. The zero-order valence-electron chi connectivity index (χ0n) is 11.1. The fourth-order valence-corrected chi connectivity index (χ4v) is 1.67. The lowest BCUT2D eigenvalue weighted by Crippen LogP contribution is -2.41. The molecule has 5 N–H and O–H groups in total. The number of phenols is 3. The number of benzene rings is 1. The molecule has 0 radical (unpaired) electrons. The van der Waals surface area contributed by atoms with Gasteiger partial charge in [-0.25, -0.2) is 4.79 Å². The highest BCUT2D eigenvalue weighted by molar-refractivity contribution is 5.97. The molecular weight excluding hydrogens is 266 g/mol. The number of aliphatic carboxylic acids is 1. The van der Waals surface area contributed by atoms with Gasteiger partial charge in [-0.05, 0) is 24.5 Å². The molecule has 0 saturated carbocycles. The van der Waals surface area contributed by atoms with Crippen molar-refractivity contribution >= 4 is 11.9 Å². The topological polar surface area (TPSA) is 127 Å². The second-order valence-corrected chi connectivity index (χ2v) is 4.86. The van der Waals surface area contributed by atoms with E-state index < -0.39 is 35.2 Å². The zero-order chi connectivity index (χ0) is 15.4. The van der Waals surface area contributed by atoms with E-state index in [0.717, 1.165) is 12.1 Å². The van der Waals surface area contributed by atoms with Gasteiger partial charge in [0.1, 0.15) is 6.04 Å². The van der Waals surface area contributed by atoms with Crippen LogP contribution in [0.5, 0.6) is 17.2 Å². The van der Waals surface area contributed by atoms with Crippen molar-refractivity contribution in [1.82, 2.24) is 5.32 Å². The first kappa shape index (κ1) is 15.6. The van der Waals surface area contributed by atoms with Crippen LogP contribution in [0.2, 0.25) is 0 Å². The van der Waals surface area contributed by atoms with E-state index in [1.807, 2.05) is 13.8 Å². The van der Waals surface area contributed by atoms with Crippen LogP contribution < -0.4 is 5.32 Å². The number of rotatable bonds is 5. The number of carbonyl (C=O) groups excluding carboxylic acids is 1. The van der Waals surface area contributed by atoms with Crippen LogP contribution in [0.15, 0.2) is 12.1 Å². The Morgan fingerprint density at radius 1 is 1.15 bits per heavy atom. The predicted octanol–water partition coefficient (Wildman–Crippen LogP) is 1.03. The standard InChI is InChI=1S/C13H17NO6/c1-6(2)3-8(13(19)20)14-12(18)7-4-9(15)11(17)10(16)5-7/h4-6,8,15-17H,3H2,1-2H3,(H,14,18)(H,19,20)/t8-/m0/s1. The van der Waals surface area contributed by atoms with E-state index in [9.17, 15) is 24.9 Å². The minimum Gasteiger partial charge on any atom is -0.504 e. The van der Waals surface area contributed by atoms with Gasteiger partial charge in [0.25, 0.3) is 5.91 Å². The molecule has 1 aromatic carbocycles. The Hall–Kier alpha value is -2.44. The van der Waals surface area contributed by atoms with Crippen LogP contribution in [-0.2, 0) is 4.79 Å². The quantitative estimate of drug-likeness (QED) is 0.514. The smallest absolute Gasteiger partial charge is 0.326 e. The molecule has 7 heteroatoms. The molecule has 0 fully saturated rings. The van der Waals surface area contributed by atoms with Gasteiger partial charge in [-0.15, -0.1) is 0 Å². The lowest BCUT2D eigenvalue weighted by atomic mass is 10.0. The number of amides is 1. The lowest BCUT2D eigenvalue weighted by Gasteiger charge is -2.16. The van der Waals surface area contributed by atoms with Crippen LogP contribution in [0.4, 0.5) is 0 Å². The number of carbonyl (C=O) groups is 2. The Labute approximate surface area is 115 Å². The highest BCUT2D eigenvalue weighted by Crippen LogP contribution is 2.35. The van der Waals surface area contributed by atoms with Gasteiger partial charge >= 0.3 is 5.97 Å². The highest BCUT2D eigenvalue weighted by atomic mass is 16.4. The van der Waals surface area contributed by atoms with Crippen molar-refractivity contribution in [2.45, 2.75) is 26.3 Å². The number of nitrogens with one attached hydrogen (secondary N) is 1. The van der Waals surface area contributed by atoms with Crippen molar-refractivity contribution in [1.29, 1.82) is 0 Å².